The molecule has 0 bridgehead atoms. The summed E-state index contributed by atoms with van der Waals surface area (Å²) in [5.74, 6) is -3.33. The summed E-state index contributed by atoms with van der Waals surface area (Å²) in [6.07, 6.45) is -1.31. The van der Waals surface area contributed by atoms with Gasteiger partial charge < -0.3 is 10.4 Å². The van der Waals surface area contributed by atoms with Crippen LogP contribution in [-0.2, 0) is 4.84 Å². The highest BCUT2D eigenvalue weighted by Gasteiger charge is 2.26. The molecule has 0 radical (unpaired) electrons. The molecule has 2 aromatic rings. The number of amides is 1. The molecule has 1 amide bonds. The number of hydrogen-bond acceptors (Lipinski definition) is 4. The molecule has 0 aliphatic rings. The molecule has 28 heavy (non-hydrogen) atoms. The first-order valence-electron chi connectivity index (χ1n) is 7.95. The summed E-state index contributed by atoms with van der Waals surface area (Å²) in [6, 6.07) is 6.01. The zero-order valence-corrected chi connectivity index (χ0v) is 19.5. The minimum Gasteiger partial charge on any atom is -0.366 e. The molecule has 0 heterocycles. The smallest absolute Gasteiger partial charge is 0.277 e. The Bertz CT molecular complexity index is 909. The average Bonchev–Trinajstić information content (AvgIpc) is 2.60. The van der Waals surface area contributed by atoms with E-state index in [1.54, 1.807) is 39.0 Å². The van der Waals surface area contributed by atoms with Crippen LogP contribution >= 0.6 is 50.1 Å². The summed E-state index contributed by atoms with van der Waals surface area (Å²) >= 11 is 11.1. The summed E-state index contributed by atoms with van der Waals surface area (Å²) in [4.78, 5) is 17.5. The molecular formula is C18H17BrClF2IN2O3. The van der Waals surface area contributed by atoms with Crippen LogP contribution in [0.3, 0.4) is 0 Å². The number of carbonyl (C=O) groups excluding carboxylic acids is 1. The summed E-state index contributed by atoms with van der Waals surface area (Å²) < 4.78 is 29.3. The highest BCUT2D eigenvalue weighted by atomic mass is 127. The van der Waals surface area contributed by atoms with E-state index in [9.17, 15) is 18.7 Å². The zero-order chi connectivity index (χ0) is 21.2. The Morgan fingerprint density at radius 2 is 1.93 bits per heavy atom. The number of halogens is 5. The third kappa shape index (κ3) is 5.53. The van der Waals surface area contributed by atoms with Crippen LogP contribution in [0.1, 0.15) is 31.1 Å². The van der Waals surface area contributed by atoms with Crippen molar-refractivity contribution in [3.05, 3.63) is 54.5 Å². The summed E-state index contributed by atoms with van der Waals surface area (Å²) in [5, 5.41) is 12.8. The molecule has 0 aliphatic carbocycles. The zero-order valence-electron chi connectivity index (χ0n) is 15.0. The number of nitrogens with one attached hydrogen (secondary N) is 2. The number of aliphatic hydroxyl groups is 1. The fourth-order valence-corrected chi connectivity index (χ4v) is 3.27. The second kappa shape index (κ2) is 9.21. The molecule has 1 atom stereocenters. The molecule has 10 heteroatoms. The second-order valence-corrected chi connectivity index (χ2v) is 9.43. The normalized spacial score (nSPS) is 12.6. The van der Waals surface area contributed by atoms with E-state index in [2.05, 4.69) is 49.3 Å². The van der Waals surface area contributed by atoms with Crippen molar-refractivity contribution in [2.75, 3.05) is 5.32 Å². The molecular weight excluding hydrogens is 572 g/mol. The van der Waals surface area contributed by atoms with Gasteiger partial charge in [0.2, 0.25) is 0 Å². The van der Waals surface area contributed by atoms with Crippen LogP contribution in [0, 0.1) is 20.6 Å². The fraction of sp³-hybridized carbons (Fsp3) is 0.278. The van der Waals surface area contributed by atoms with Crippen LogP contribution in [0.25, 0.3) is 0 Å². The Balaban J connectivity index is 2.39. The third-order valence-electron chi connectivity index (χ3n) is 3.60. The lowest BCUT2D eigenvalue weighted by molar-refractivity contribution is -0.185. The molecule has 3 N–H and O–H groups in total. The number of rotatable bonds is 5. The first-order chi connectivity index (χ1) is 12.9. The summed E-state index contributed by atoms with van der Waals surface area (Å²) in [6.45, 7) is 5.09. The molecule has 0 saturated heterocycles. The second-order valence-electron chi connectivity index (χ2n) is 6.93. The number of aliphatic hydroxyl groups excluding tert-OH is 1. The van der Waals surface area contributed by atoms with E-state index in [-0.39, 0.29) is 20.7 Å². The van der Waals surface area contributed by atoms with Gasteiger partial charge in [-0.3, -0.25) is 4.79 Å². The number of anilines is 2. The van der Waals surface area contributed by atoms with Crippen molar-refractivity contribution in [3.8, 4) is 0 Å². The van der Waals surface area contributed by atoms with Gasteiger partial charge in [0.15, 0.2) is 17.9 Å². The highest BCUT2D eigenvalue weighted by Crippen LogP contribution is 2.34. The Morgan fingerprint density at radius 1 is 1.29 bits per heavy atom. The van der Waals surface area contributed by atoms with E-state index in [4.69, 9.17) is 16.4 Å². The first-order valence-corrected chi connectivity index (χ1v) is 10.2. The lowest BCUT2D eigenvalue weighted by Crippen LogP contribution is -2.37. The molecule has 0 aromatic heterocycles. The van der Waals surface area contributed by atoms with Crippen LogP contribution in [0.5, 0.6) is 0 Å². The van der Waals surface area contributed by atoms with Gasteiger partial charge >= 0.3 is 0 Å². The van der Waals surface area contributed by atoms with Crippen LogP contribution in [0.15, 0.2) is 28.7 Å². The van der Waals surface area contributed by atoms with Crippen molar-refractivity contribution in [2.24, 2.45) is 5.41 Å². The topological polar surface area (TPSA) is 70.6 Å². The lowest BCUT2D eigenvalue weighted by Gasteiger charge is -2.25. The lowest BCUT2D eigenvalue weighted by atomic mass is 9.96. The molecule has 2 aromatic carbocycles. The summed E-state index contributed by atoms with van der Waals surface area (Å²) in [7, 11) is 0. The number of carbonyl (C=O) groups is 1. The van der Waals surface area contributed by atoms with Gasteiger partial charge in [0.05, 0.1) is 26.4 Å². The SMILES string of the molecule is CC(C)(C)C(O)ONC(=O)c1cc(Br)c(F)c(F)c1Nc1ccc(I)cc1Cl. The third-order valence-corrected chi connectivity index (χ3v) is 5.16. The predicted molar refractivity (Wildman–Crippen MR) is 116 cm³/mol. The van der Waals surface area contributed by atoms with Gasteiger partial charge in [-0.15, -0.1) is 0 Å². The Morgan fingerprint density at radius 3 is 2.50 bits per heavy atom. The van der Waals surface area contributed by atoms with E-state index in [0.29, 0.717) is 0 Å². The predicted octanol–water partition coefficient (Wildman–Crippen LogP) is 5.75. The molecule has 152 valence electrons. The van der Waals surface area contributed by atoms with Crippen molar-refractivity contribution in [3.63, 3.8) is 0 Å². The average molecular weight is 590 g/mol. The number of benzene rings is 2. The van der Waals surface area contributed by atoms with Crippen molar-refractivity contribution in [1.29, 1.82) is 0 Å². The molecule has 1 unspecified atom stereocenters. The van der Waals surface area contributed by atoms with Crippen molar-refractivity contribution in [1.82, 2.24) is 5.48 Å². The largest absolute Gasteiger partial charge is 0.366 e. The molecule has 0 fully saturated rings. The summed E-state index contributed by atoms with van der Waals surface area (Å²) in [5.41, 5.74) is 1.00. The molecule has 5 nitrogen and oxygen atoms in total. The molecule has 2 rings (SSSR count). The minimum absolute atomic E-state index is 0.245. The van der Waals surface area contributed by atoms with Gasteiger partial charge in [-0.05, 0) is 62.8 Å². The standard InChI is InChI=1S/C18H17BrClF2IN2O3/c1-18(2,3)17(27)28-25-16(26)9-7-10(19)13(21)14(22)15(9)24-12-5-4-8(23)6-11(12)20/h4-7,17,24,27H,1-3H3,(H,25,26). The van der Waals surface area contributed by atoms with Gasteiger partial charge in [-0.1, -0.05) is 32.4 Å². The van der Waals surface area contributed by atoms with Crippen LogP contribution in [0.2, 0.25) is 5.02 Å². The van der Waals surface area contributed by atoms with Gasteiger partial charge in [0.1, 0.15) is 0 Å². The Hall–Kier alpha value is -1.01. The van der Waals surface area contributed by atoms with E-state index >= 15 is 0 Å². The van der Waals surface area contributed by atoms with Crippen LogP contribution < -0.4 is 10.8 Å². The van der Waals surface area contributed by atoms with E-state index in [1.165, 1.54) is 0 Å². The van der Waals surface area contributed by atoms with E-state index < -0.39 is 34.9 Å². The number of hydroxylamine groups is 1. The molecule has 0 spiro atoms. The number of hydrogen-bond donors (Lipinski definition) is 3. The first kappa shape index (κ1) is 23.3. The Kier molecular flexibility index (Phi) is 7.65. The van der Waals surface area contributed by atoms with Gasteiger partial charge in [-0.25, -0.2) is 19.1 Å². The fourth-order valence-electron chi connectivity index (χ4n) is 1.96. The maximum atomic E-state index is 14.6. The quantitative estimate of drug-likeness (QED) is 0.180. The van der Waals surface area contributed by atoms with E-state index in [0.717, 1.165) is 9.64 Å². The van der Waals surface area contributed by atoms with Crippen molar-refractivity contribution >= 4 is 67.4 Å². The minimum atomic E-state index is -1.31. The maximum absolute atomic E-state index is 14.6. The van der Waals surface area contributed by atoms with Crippen molar-refractivity contribution < 1.29 is 23.5 Å². The molecule has 0 saturated carbocycles. The van der Waals surface area contributed by atoms with Crippen molar-refractivity contribution in [2.45, 2.75) is 27.1 Å². The monoisotopic (exact) mass is 588 g/mol. The molecule has 0 aliphatic heterocycles. The highest BCUT2D eigenvalue weighted by molar-refractivity contribution is 14.1. The van der Waals surface area contributed by atoms with Crippen LogP contribution in [0.4, 0.5) is 20.2 Å². The van der Waals surface area contributed by atoms with E-state index in [1.807, 2.05) is 0 Å². The van der Waals surface area contributed by atoms with Gasteiger partial charge in [-0.2, -0.15) is 0 Å². The van der Waals surface area contributed by atoms with Crippen LogP contribution in [-0.4, -0.2) is 17.3 Å². The van der Waals surface area contributed by atoms with Gasteiger partial charge in [0, 0.05) is 8.99 Å². The Labute approximate surface area is 188 Å². The maximum Gasteiger partial charge on any atom is 0.277 e. The van der Waals surface area contributed by atoms with Gasteiger partial charge in [0.25, 0.3) is 5.91 Å².